The molecule has 1 atom stereocenters. The van der Waals surface area contributed by atoms with Crippen LogP contribution in [-0.4, -0.2) is 30.7 Å². The van der Waals surface area contributed by atoms with Crippen LogP contribution in [0.15, 0.2) is 60.3 Å². The summed E-state index contributed by atoms with van der Waals surface area (Å²) in [5, 5.41) is 0. The summed E-state index contributed by atoms with van der Waals surface area (Å²) in [4.78, 5) is 4.44. The largest absolute Gasteiger partial charge is 0.446 e. The Kier molecular flexibility index (Phi) is 4.51. The molecule has 0 aliphatic carbocycles. The fraction of sp³-hybridized carbons (Fsp3) is 0.294. The van der Waals surface area contributed by atoms with Crippen molar-refractivity contribution in [3.8, 4) is 0 Å². The van der Waals surface area contributed by atoms with E-state index in [9.17, 15) is 0 Å². The number of benzene rings is 1. The van der Waals surface area contributed by atoms with Crippen molar-refractivity contribution in [3.63, 3.8) is 0 Å². The minimum atomic E-state index is -2.16. The molecule has 3 nitrogen and oxygen atoms in total. The Hall–Kier alpha value is -1.57. The van der Waals surface area contributed by atoms with Crippen LogP contribution in [0, 0.1) is 0 Å². The second kappa shape index (κ2) is 5.91. The SMILES string of the molecule is C=C[Si](C)(C)O[Si](C)(C=C)C=C1N(C)c2ccccc2N1C. The summed E-state index contributed by atoms with van der Waals surface area (Å²) < 4.78 is 6.49. The number of fused-ring (bicyclic) bond motifs is 1. The van der Waals surface area contributed by atoms with Gasteiger partial charge in [0.15, 0.2) is 8.32 Å². The summed E-state index contributed by atoms with van der Waals surface area (Å²) in [6.45, 7) is 14.5. The molecule has 1 aliphatic heterocycles. The van der Waals surface area contributed by atoms with Crippen LogP contribution in [0.4, 0.5) is 11.4 Å². The van der Waals surface area contributed by atoms with Gasteiger partial charge in [0.05, 0.1) is 11.4 Å². The van der Waals surface area contributed by atoms with Crippen LogP contribution >= 0.6 is 0 Å². The summed E-state index contributed by atoms with van der Waals surface area (Å²) in [5.41, 5.74) is 8.70. The zero-order valence-electron chi connectivity index (χ0n) is 14.3. The minimum Gasteiger partial charge on any atom is -0.446 e. The van der Waals surface area contributed by atoms with Crippen molar-refractivity contribution >= 4 is 28.0 Å². The molecule has 22 heavy (non-hydrogen) atoms. The lowest BCUT2D eigenvalue weighted by Gasteiger charge is -2.32. The highest BCUT2D eigenvalue weighted by molar-refractivity contribution is 6.92. The third-order valence-electron chi connectivity index (χ3n) is 4.09. The maximum atomic E-state index is 6.49. The van der Waals surface area contributed by atoms with Crippen LogP contribution in [0.5, 0.6) is 0 Å². The van der Waals surface area contributed by atoms with E-state index in [1.165, 1.54) is 11.4 Å². The number of para-hydroxylation sites is 2. The van der Waals surface area contributed by atoms with Crippen molar-refractivity contribution in [3.05, 3.63) is 60.3 Å². The quantitative estimate of drug-likeness (QED) is 0.753. The molecule has 0 saturated carbocycles. The lowest BCUT2D eigenvalue weighted by atomic mass is 10.3. The van der Waals surface area contributed by atoms with E-state index in [0.717, 1.165) is 5.82 Å². The summed E-state index contributed by atoms with van der Waals surface area (Å²) in [6, 6.07) is 8.42. The van der Waals surface area contributed by atoms with Gasteiger partial charge in [0.25, 0.3) is 0 Å². The van der Waals surface area contributed by atoms with Crippen LogP contribution in [0.3, 0.4) is 0 Å². The van der Waals surface area contributed by atoms with E-state index in [-0.39, 0.29) is 0 Å². The summed E-state index contributed by atoms with van der Waals surface area (Å²) in [6.07, 6.45) is 0. The number of rotatable bonds is 5. The van der Waals surface area contributed by atoms with Gasteiger partial charge in [-0.3, -0.25) is 0 Å². The van der Waals surface area contributed by atoms with Crippen molar-refractivity contribution in [2.75, 3.05) is 23.9 Å². The summed E-state index contributed by atoms with van der Waals surface area (Å²) >= 11 is 0. The second-order valence-corrected chi connectivity index (χ2v) is 13.9. The van der Waals surface area contributed by atoms with Crippen LogP contribution in [0.1, 0.15) is 0 Å². The monoisotopic (exact) mass is 330 g/mol. The highest BCUT2D eigenvalue weighted by atomic mass is 28.4. The molecular weight excluding hydrogens is 304 g/mol. The average molecular weight is 331 g/mol. The maximum Gasteiger partial charge on any atom is 0.230 e. The molecule has 1 aromatic carbocycles. The van der Waals surface area contributed by atoms with E-state index in [2.05, 4.69) is 86.7 Å². The lowest BCUT2D eigenvalue weighted by molar-refractivity contribution is 0.576. The van der Waals surface area contributed by atoms with E-state index in [1.807, 2.05) is 11.4 Å². The summed E-state index contributed by atoms with van der Waals surface area (Å²) in [5.74, 6) is 1.16. The third-order valence-corrected chi connectivity index (χ3v) is 10.6. The van der Waals surface area contributed by atoms with Crippen molar-refractivity contribution in [2.24, 2.45) is 0 Å². The number of nitrogens with zero attached hydrogens (tertiary/aromatic N) is 2. The molecule has 1 heterocycles. The molecule has 0 bridgehead atoms. The normalized spacial score (nSPS) is 17.0. The third kappa shape index (κ3) is 3.11. The van der Waals surface area contributed by atoms with Crippen molar-refractivity contribution in [2.45, 2.75) is 19.6 Å². The standard InChI is InChI=1S/C17H26N2OSi2/c1-8-21(5,6)20-22(7,9-2)14-17-18(3)15-12-10-11-13-16(15)19(17)4/h8-14H,1-2H2,3-7H3. The topological polar surface area (TPSA) is 15.7 Å². The van der Waals surface area contributed by atoms with Crippen LogP contribution in [0.25, 0.3) is 0 Å². The zero-order valence-corrected chi connectivity index (χ0v) is 16.3. The fourth-order valence-electron chi connectivity index (χ4n) is 2.69. The van der Waals surface area contributed by atoms with Crippen molar-refractivity contribution in [1.82, 2.24) is 0 Å². The molecule has 0 N–H and O–H groups in total. The Morgan fingerprint density at radius 2 is 1.45 bits per heavy atom. The van der Waals surface area contributed by atoms with Crippen LogP contribution in [0.2, 0.25) is 19.6 Å². The van der Waals surface area contributed by atoms with E-state index in [4.69, 9.17) is 4.12 Å². The van der Waals surface area contributed by atoms with E-state index >= 15 is 0 Å². The fourth-order valence-corrected chi connectivity index (χ4v) is 9.15. The molecule has 0 fully saturated rings. The first-order valence-corrected chi connectivity index (χ1v) is 13.0. The first-order chi connectivity index (χ1) is 10.2. The molecule has 0 aromatic heterocycles. The first kappa shape index (κ1) is 16.8. The lowest BCUT2D eigenvalue weighted by Crippen LogP contribution is -2.44. The van der Waals surface area contributed by atoms with E-state index in [1.54, 1.807) is 0 Å². The van der Waals surface area contributed by atoms with Crippen molar-refractivity contribution in [1.29, 1.82) is 0 Å². The Labute approximate surface area is 136 Å². The van der Waals surface area contributed by atoms with Crippen LogP contribution in [-0.2, 0) is 4.12 Å². The molecule has 118 valence electrons. The summed E-state index contributed by atoms with van der Waals surface area (Å²) in [7, 11) is 0.183. The molecule has 0 saturated heterocycles. The molecular formula is C17H26N2OSi2. The highest BCUT2D eigenvalue weighted by Gasteiger charge is 2.35. The molecule has 0 amide bonds. The molecule has 0 spiro atoms. The van der Waals surface area contributed by atoms with Gasteiger partial charge in [-0.25, -0.2) is 0 Å². The van der Waals surface area contributed by atoms with Gasteiger partial charge in [0, 0.05) is 14.1 Å². The van der Waals surface area contributed by atoms with Gasteiger partial charge >= 0.3 is 0 Å². The van der Waals surface area contributed by atoms with Gasteiger partial charge in [-0.1, -0.05) is 23.5 Å². The Balaban J connectivity index is 2.40. The van der Waals surface area contributed by atoms with Gasteiger partial charge in [0.1, 0.15) is 5.82 Å². The van der Waals surface area contributed by atoms with Crippen molar-refractivity contribution < 1.29 is 4.12 Å². The Morgan fingerprint density at radius 1 is 0.955 bits per heavy atom. The van der Waals surface area contributed by atoms with Gasteiger partial charge in [0.2, 0.25) is 8.32 Å². The van der Waals surface area contributed by atoms with Gasteiger partial charge in [-0.05, 0) is 37.5 Å². The predicted octanol–water partition coefficient (Wildman–Crippen LogP) is 4.20. The molecule has 2 rings (SSSR count). The average Bonchev–Trinajstić information content (AvgIpc) is 2.72. The second-order valence-electron chi connectivity index (χ2n) is 6.41. The first-order valence-electron chi connectivity index (χ1n) is 7.50. The maximum absolute atomic E-state index is 6.49. The number of hydrogen-bond acceptors (Lipinski definition) is 3. The van der Waals surface area contributed by atoms with E-state index < -0.39 is 16.6 Å². The smallest absolute Gasteiger partial charge is 0.230 e. The van der Waals surface area contributed by atoms with Gasteiger partial charge < -0.3 is 13.9 Å². The minimum absolute atomic E-state index is 1.16. The van der Waals surface area contributed by atoms with Crippen LogP contribution < -0.4 is 9.80 Å². The number of hydrogen-bond donors (Lipinski definition) is 0. The molecule has 1 aliphatic rings. The van der Waals surface area contributed by atoms with E-state index in [0.29, 0.717) is 0 Å². The van der Waals surface area contributed by atoms with Gasteiger partial charge in [-0.15, -0.1) is 13.2 Å². The Morgan fingerprint density at radius 3 is 1.86 bits per heavy atom. The zero-order chi connectivity index (χ0) is 16.5. The Bertz CT molecular complexity index is 596. The molecule has 1 aromatic rings. The molecule has 5 heteroatoms. The number of anilines is 2. The predicted molar refractivity (Wildman–Crippen MR) is 102 cm³/mol. The van der Waals surface area contributed by atoms with Gasteiger partial charge in [-0.2, -0.15) is 0 Å². The highest BCUT2D eigenvalue weighted by Crippen LogP contribution is 2.39. The molecule has 0 radical (unpaired) electrons. The molecule has 1 unspecified atom stereocenters.